The smallest absolute Gasteiger partial charge is 0.250 e. The van der Waals surface area contributed by atoms with Crippen LogP contribution in [0.3, 0.4) is 0 Å². The molecule has 1 saturated heterocycles. The molecular formula is C10H17NO3. The molecule has 1 amide bonds. The van der Waals surface area contributed by atoms with Gasteiger partial charge in [-0.05, 0) is 20.8 Å². The molecule has 1 aliphatic rings. The van der Waals surface area contributed by atoms with Gasteiger partial charge in [-0.3, -0.25) is 4.79 Å². The van der Waals surface area contributed by atoms with Gasteiger partial charge in [-0.25, -0.2) is 0 Å². The minimum atomic E-state index is -0.146. The van der Waals surface area contributed by atoms with Crippen LogP contribution in [0.15, 0.2) is 11.8 Å². The van der Waals surface area contributed by atoms with Crippen LogP contribution >= 0.6 is 0 Å². The highest BCUT2D eigenvalue weighted by Crippen LogP contribution is 2.11. The SMILES string of the molecule is CC(O)=CC(=O)N1CC(C)OC(C)C1. The number of amides is 1. The second kappa shape index (κ2) is 4.46. The molecule has 0 aliphatic carbocycles. The van der Waals surface area contributed by atoms with Gasteiger partial charge in [0.1, 0.15) is 0 Å². The Morgan fingerprint density at radius 3 is 2.36 bits per heavy atom. The third-order valence-corrected chi connectivity index (χ3v) is 2.06. The first-order valence-electron chi connectivity index (χ1n) is 4.80. The van der Waals surface area contributed by atoms with Crippen LogP contribution in [0.1, 0.15) is 20.8 Å². The van der Waals surface area contributed by atoms with E-state index in [1.807, 2.05) is 13.8 Å². The number of hydrogen-bond acceptors (Lipinski definition) is 3. The molecule has 80 valence electrons. The van der Waals surface area contributed by atoms with Crippen molar-refractivity contribution in [1.82, 2.24) is 4.90 Å². The van der Waals surface area contributed by atoms with Crippen LogP contribution < -0.4 is 0 Å². The number of allylic oxidation sites excluding steroid dienone is 1. The standard InChI is InChI=1S/C10H17NO3/c1-7(12)4-10(13)11-5-8(2)14-9(3)6-11/h4,8-9,12H,5-6H2,1-3H3. The van der Waals surface area contributed by atoms with Gasteiger partial charge in [0.15, 0.2) is 0 Å². The predicted molar refractivity (Wildman–Crippen MR) is 53.0 cm³/mol. The molecule has 0 aromatic rings. The fraction of sp³-hybridized carbons (Fsp3) is 0.700. The predicted octanol–water partition coefficient (Wildman–Crippen LogP) is 1.08. The van der Waals surface area contributed by atoms with Gasteiger partial charge in [-0.1, -0.05) is 0 Å². The lowest BCUT2D eigenvalue weighted by Gasteiger charge is -2.34. The lowest BCUT2D eigenvalue weighted by Crippen LogP contribution is -2.47. The number of aliphatic hydroxyl groups excluding tert-OH is 1. The van der Waals surface area contributed by atoms with Crippen LogP contribution in [-0.4, -0.2) is 41.2 Å². The van der Waals surface area contributed by atoms with E-state index < -0.39 is 0 Å². The van der Waals surface area contributed by atoms with Crippen molar-refractivity contribution < 1.29 is 14.6 Å². The third kappa shape index (κ3) is 3.03. The maximum atomic E-state index is 11.5. The van der Waals surface area contributed by atoms with Crippen LogP contribution in [0.4, 0.5) is 0 Å². The molecule has 1 fully saturated rings. The third-order valence-electron chi connectivity index (χ3n) is 2.06. The van der Waals surface area contributed by atoms with E-state index >= 15 is 0 Å². The van der Waals surface area contributed by atoms with Gasteiger partial charge < -0.3 is 14.7 Å². The second-order valence-electron chi connectivity index (χ2n) is 3.79. The van der Waals surface area contributed by atoms with Gasteiger partial charge in [0.05, 0.1) is 18.0 Å². The van der Waals surface area contributed by atoms with Crippen molar-refractivity contribution in [3.8, 4) is 0 Å². The van der Waals surface area contributed by atoms with Crippen molar-refractivity contribution in [1.29, 1.82) is 0 Å². The first kappa shape index (κ1) is 11.0. The van der Waals surface area contributed by atoms with Gasteiger partial charge in [-0.15, -0.1) is 0 Å². The van der Waals surface area contributed by atoms with Crippen molar-refractivity contribution in [3.63, 3.8) is 0 Å². The number of carbonyl (C=O) groups is 1. The average Bonchev–Trinajstić information content (AvgIpc) is 2.00. The first-order valence-corrected chi connectivity index (χ1v) is 4.80. The molecular weight excluding hydrogens is 182 g/mol. The van der Waals surface area contributed by atoms with Gasteiger partial charge >= 0.3 is 0 Å². The summed E-state index contributed by atoms with van der Waals surface area (Å²) in [5.41, 5.74) is 0. The van der Waals surface area contributed by atoms with Gasteiger partial charge in [0.2, 0.25) is 5.91 Å². The van der Waals surface area contributed by atoms with Crippen LogP contribution in [0.2, 0.25) is 0 Å². The Bertz CT molecular complexity index is 236. The monoisotopic (exact) mass is 199 g/mol. The summed E-state index contributed by atoms with van der Waals surface area (Å²) in [5, 5.41) is 8.97. The summed E-state index contributed by atoms with van der Waals surface area (Å²) >= 11 is 0. The first-order chi connectivity index (χ1) is 6.49. The van der Waals surface area contributed by atoms with Gasteiger partial charge in [0.25, 0.3) is 0 Å². The molecule has 0 saturated carbocycles. The maximum absolute atomic E-state index is 11.5. The zero-order valence-corrected chi connectivity index (χ0v) is 8.86. The Kier molecular flexibility index (Phi) is 3.52. The minimum Gasteiger partial charge on any atom is -0.512 e. The largest absolute Gasteiger partial charge is 0.512 e. The van der Waals surface area contributed by atoms with E-state index in [2.05, 4.69) is 0 Å². The zero-order chi connectivity index (χ0) is 10.7. The molecule has 1 heterocycles. The molecule has 2 unspecified atom stereocenters. The molecule has 1 aliphatic heterocycles. The lowest BCUT2D eigenvalue weighted by atomic mass is 10.2. The Morgan fingerprint density at radius 1 is 1.43 bits per heavy atom. The van der Waals surface area contributed by atoms with Crippen molar-refractivity contribution >= 4 is 5.91 Å². The number of aliphatic hydroxyl groups is 1. The normalized spacial score (nSPS) is 29.1. The van der Waals surface area contributed by atoms with Crippen LogP contribution in [0.25, 0.3) is 0 Å². The van der Waals surface area contributed by atoms with E-state index in [4.69, 9.17) is 9.84 Å². The number of carbonyl (C=O) groups excluding carboxylic acids is 1. The Morgan fingerprint density at radius 2 is 1.93 bits per heavy atom. The summed E-state index contributed by atoms with van der Waals surface area (Å²) in [4.78, 5) is 13.2. The van der Waals surface area contributed by atoms with E-state index in [1.165, 1.54) is 13.0 Å². The number of nitrogens with zero attached hydrogens (tertiary/aromatic N) is 1. The Hall–Kier alpha value is -1.03. The Balaban J connectivity index is 2.59. The highest BCUT2D eigenvalue weighted by atomic mass is 16.5. The summed E-state index contributed by atoms with van der Waals surface area (Å²) in [6.07, 6.45) is 1.37. The number of rotatable bonds is 1. The lowest BCUT2D eigenvalue weighted by molar-refractivity contribution is -0.138. The van der Waals surface area contributed by atoms with Crippen LogP contribution in [0, 0.1) is 0 Å². The number of ether oxygens (including phenoxy) is 1. The molecule has 1 N–H and O–H groups in total. The highest BCUT2D eigenvalue weighted by Gasteiger charge is 2.24. The molecule has 4 heteroatoms. The van der Waals surface area contributed by atoms with E-state index in [0.29, 0.717) is 13.1 Å². The van der Waals surface area contributed by atoms with Crippen molar-refractivity contribution in [2.75, 3.05) is 13.1 Å². The maximum Gasteiger partial charge on any atom is 0.250 e. The number of hydrogen-bond donors (Lipinski definition) is 1. The van der Waals surface area contributed by atoms with Crippen molar-refractivity contribution in [2.24, 2.45) is 0 Å². The van der Waals surface area contributed by atoms with Crippen molar-refractivity contribution in [2.45, 2.75) is 33.0 Å². The number of morpholine rings is 1. The van der Waals surface area contributed by atoms with E-state index in [0.717, 1.165) is 0 Å². The fourth-order valence-electron chi connectivity index (χ4n) is 1.63. The summed E-state index contributed by atoms with van der Waals surface area (Å²) in [5.74, 6) is -0.103. The fourth-order valence-corrected chi connectivity index (χ4v) is 1.63. The van der Waals surface area contributed by atoms with Gasteiger partial charge in [-0.2, -0.15) is 0 Å². The van der Waals surface area contributed by atoms with E-state index in [9.17, 15) is 4.79 Å². The summed E-state index contributed by atoms with van der Waals surface area (Å²) in [7, 11) is 0. The summed E-state index contributed by atoms with van der Waals surface area (Å²) < 4.78 is 5.49. The molecule has 14 heavy (non-hydrogen) atoms. The second-order valence-corrected chi connectivity index (χ2v) is 3.79. The quantitative estimate of drug-likeness (QED) is 0.508. The van der Waals surface area contributed by atoms with Crippen LogP contribution in [-0.2, 0) is 9.53 Å². The Labute approximate surface area is 84.2 Å². The molecule has 0 spiro atoms. The van der Waals surface area contributed by atoms with E-state index in [-0.39, 0.29) is 23.9 Å². The molecule has 0 bridgehead atoms. The highest BCUT2D eigenvalue weighted by molar-refractivity contribution is 5.88. The van der Waals surface area contributed by atoms with E-state index in [1.54, 1.807) is 4.90 Å². The molecule has 0 radical (unpaired) electrons. The summed E-state index contributed by atoms with van der Waals surface area (Å²) in [6.45, 7) is 6.54. The molecule has 0 aromatic heterocycles. The van der Waals surface area contributed by atoms with Gasteiger partial charge in [0, 0.05) is 19.2 Å². The summed E-state index contributed by atoms with van der Waals surface area (Å²) in [6, 6.07) is 0. The van der Waals surface area contributed by atoms with Crippen LogP contribution in [0.5, 0.6) is 0 Å². The average molecular weight is 199 g/mol. The molecule has 0 aromatic carbocycles. The molecule has 1 rings (SSSR count). The van der Waals surface area contributed by atoms with Crippen molar-refractivity contribution in [3.05, 3.63) is 11.8 Å². The topological polar surface area (TPSA) is 49.8 Å². The minimum absolute atomic E-state index is 0.0433. The molecule has 2 atom stereocenters. The zero-order valence-electron chi connectivity index (χ0n) is 8.86. The molecule has 4 nitrogen and oxygen atoms in total.